The minimum Gasteiger partial charge on any atom is -0.487 e. The van der Waals surface area contributed by atoms with Gasteiger partial charge >= 0.3 is 0 Å². The fraction of sp³-hybridized carbons (Fsp3) is 0.379. The molecule has 9 heteroatoms. The summed E-state index contributed by atoms with van der Waals surface area (Å²) in [5, 5.41) is 5.13. The Balaban J connectivity index is 1.43. The van der Waals surface area contributed by atoms with Crippen molar-refractivity contribution >= 4 is 90.2 Å². The zero-order chi connectivity index (χ0) is 26.6. The summed E-state index contributed by atoms with van der Waals surface area (Å²) >= 11 is 19.8. The molecular formula is C29H28BrCl2IN2O2S. The van der Waals surface area contributed by atoms with E-state index in [1.54, 1.807) is 17.4 Å². The Hall–Kier alpha value is -1.13. The number of hydrogen-bond acceptors (Lipinski definition) is 4. The predicted molar refractivity (Wildman–Crippen MR) is 170 cm³/mol. The fourth-order valence-corrected chi connectivity index (χ4v) is 8.38. The van der Waals surface area contributed by atoms with E-state index in [0.29, 0.717) is 16.7 Å². The molecule has 5 rings (SSSR count). The molecule has 1 saturated carbocycles. The van der Waals surface area contributed by atoms with Crippen molar-refractivity contribution in [3.05, 3.63) is 75.6 Å². The molecule has 3 aromatic rings. The zero-order valence-electron chi connectivity index (χ0n) is 20.8. The van der Waals surface area contributed by atoms with Gasteiger partial charge < -0.3 is 10.1 Å². The highest BCUT2D eigenvalue weighted by molar-refractivity contribution is 14.1. The van der Waals surface area contributed by atoms with Gasteiger partial charge in [-0.1, -0.05) is 64.5 Å². The number of aryl methyl sites for hydroxylation is 1. The molecule has 1 heterocycles. The number of halogens is 4. The van der Waals surface area contributed by atoms with Crippen LogP contribution in [0.25, 0.3) is 0 Å². The highest BCUT2D eigenvalue weighted by Gasteiger charge is 2.27. The summed E-state index contributed by atoms with van der Waals surface area (Å²) in [6.07, 6.45) is 11.8. The first-order valence-electron chi connectivity index (χ1n) is 12.9. The van der Waals surface area contributed by atoms with Gasteiger partial charge in [0.15, 0.2) is 0 Å². The lowest BCUT2D eigenvalue weighted by molar-refractivity contribution is 0.0927. The molecule has 2 aliphatic rings. The molecule has 1 fully saturated rings. The molecule has 2 aliphatic carbocycles. The van der Waals surface area contributed by atoms with Crippen LogP contribution in [-0.2, 0) is 19.4 Å². The van der Waals surface area contributed by atoms with Gasteiger partial charge in [-0.25, -0.2) is 4.99 Å². The quantitative estimate of drug-likeness (QED) is 0.194. The van der Waals surface area contributed by atoms with Gasteiger partial charge in [-0.2, -0.15) is 0 Å². The van der Waals surface area contributed by atoms with Crippen LogP contribution in [0.1, 0.15) is 76.9 Å². The third kappa shape index (κ3) is 6.77. The molecule has 200 valence electrons. The molecule has 2 aromatic carbocycles. The van der Waals surface area contributed by atoms with Crippen molar-refractivity contribution in [2.75, 3.05) is 0 Å². The van der Waals surface area contributed by atoms with E-state index in [1.807, 2.05) is 30.5 Å². The molecule has 38 heavy (non-hydrogen) atoms. The number of nitrogens with one attached hydrogen (secondary N) is 1. The SMILES string of the molecule is O=C(NC1CCCCC1)c1c(N=Cc2cc(Br)cc(I)c2OCc2ccc(Cl)c(Cl)c2)sc2c1CCCC2. The van der Waals surface area contributed by atoms with E-state index >= 15 is 0 Å². The summed E-state index contributed by atoms with van der Waals surface area (Å²) in [6.45, 7) is 0.345. The van der Waals surface area contributed by atoms with Crippen LogP contribution in [0, 0.1) is 3.57 Å². The van der Waals surface area contributed by atoms with E-state index in [4.69, 9.17) is 32.9 Å². The van der Waals surface area contributed by atoms with Gasteiger partial charge in [0.2, 0.25) is 0 Å². The molecule has 4 nitrogen and oxygen atoms in total. The van der Waals surface area contributed by atoms with Gasteiger partial charge in [-0.15, -0.1) is 11.3 Å². The summed E-state index contributed by atoms with van der Waals surface area (Å²) in [6, 6.07) is 9.76. The van der Waals surface area contributed by atoms with Crippen LogP contribution in [0.15, 0.2) is 39.8 Å². The largest absolute Gasteiger partial charge is 0.487 e. The molecule has 0 aliphatic heterocycles. The predicted octanol–water partition coefficient (Wildman–Crippen LogP) is 9.69. The second-order valence-electron chi connectivity index (χ2n) is 9.80. The number of benzene rings is 2. The smallest absolute Gasteiger partial charge is 0.254 e. The Bertz CT molecular complexity index is 1370. The lowest BCUT2D eigenvalue weighted by Crippen LogP contribution is -2.36. The Morgan fingerprint density at radius 1 is 1.11 bits per heavy atom. The third-order valence-electron chi connectivity index (χ3n) is 7.05. The maximum absolute atomic E-state index is 13.5. The molecule has 0 atom stereocenters. The van der Waals surface area contributed by atoms with E-state index in [1.165, 1.54) is 29.7 Å². The van der Waals surface area contributed by atoms with Crippen molar-refractivity contribution in [1.82, 2.24) is 5.32 Å². The number of fused-ring (bicyclic) bond motifs is 1. The molecule has 0 unspecified atom stereocenters. The van der Waals surface area contributed by atoms with Crippen LogP contribution >= 0.6 is 73.1 Å². The second-order valence-corrected chi connectivity index (χ2v) is 13.8. The van der Waals surface area contributed by atoms with Gasteiger partial charge in [0.05, 0.1) is 19.2 Å². The first kappa shape index (κ1) is 28.4. The van der Waals surface area contributed by atoms with Crippen LogP contribution in [-0.4, -0.2) is 18.2 Å². The molecule has 0 spiro atoms. The molecule has 1 aromatic heterocycles. The Kier molecular flexibility index (Phi) is 9.73. The number of carbonyl (C=O) groups excluding carboxylic acids is 1. The van der Waals surface area contributed by atoms with Crippen LogP contribution < -0.4 is 10.1 Å². The zero-order valence-corrected chi connectivity index (χ0v) is 26.9. The first-order chi connectivity index (χ1) is 18.4. The van der Waals surface area contributed by atoms with E-state index in [-0.39, 0.29) is 11.9 Å². The van der Waals surface area contributed by atoms with Crippen molar-refractivity contribution in [3.63, 3.8) is 0 Å². The minimum atomic E-state index is 0.0309. The van der Waals surface area contributed by atoms with Crippen LogP contribution in [0.4, 0.5) is 5.00 Å². The van der Waals surface area contributed by atoms with Crippen molar-refractivity contribution in [1.29, 1.82) is 0 Å². The van der Waals surface area contributed by atoms with E-state index in [9.17, 15) is 4.79 Å². The average molecular weight is 746 g/mol. The highest BCUT2D eigenvalue weighted by Crippen LogP contribution is 2.40. The van der Waals surface area contributed by atoms with Crippen molar-refractivity contribution in [2.24, 2.45) is 4.99 Å². The van der Waals surface area contributed by atoms with Crippen LogP contribution in [0.2, 0.25) is 10.0 Å². The summed E-state index contributed by atoms with van der Waals surface area (Å²) in [7, 11) is 0. The molecule has 0 radical (unpaired) electrons. The standard InChI is InChI=1S/C29H28BrCl2IN2O2S/c30-19-13-18(27(24(33)14-19)37-16-17-10-11-22(31)23(32)12-17)15-34-29-26(21-8-4-5-9-25(21)38-29)28(36)35-20-6-2-1-3-7-20/h10-15,20H,1-9,16H2,(H,35,36). The lowest BCUT2D eigenvalue weighted by Gasteiger charge is -2.23. The first-order valence-corrected chi connectivity index (χ1v) is 16.4. The van der Waals surface area contributed by atoms with Crippen molar-refractivity contribution in [3.8, 4) is 5.75 Å². The summed E-state index contributed by atoms with van der Waals surface area (Å²) < 4.78 is 8.15. The number of ether oxygens (including phenoxy) is 1. The summed E-state index contributed by atoms with van der Waals surface area (Å²) in [5.41, 5.74) is 3.73. The Labute approximate surface area is 259 Å². The second kappa shape index (κ2) is 13.0. The molecular weight excluding hydrogens is 718 g/mol. The Morgan fingerprint density at radius 3 is 2.68 bits per heavy atom. The van der Waals surface area contributed by atoms with E-state index < -0.39 is 0 Å². The number of hydrogen-bond donors (Lipinski definition) is 1. The normalized spacial score (nSPS) is 16.0. The van der Waals surface area contributed by atoms with Crippen molar-refractivity contribution in [2.45, 2.75) is 70.4 Å². The highest BCUT2D eigenvalue weighted by atomic mass is 127. The maximum Gasteiger partial charge on any atom is 0.254 e. The number of nitrogens with zero attached hydrogens (tertiary/aromatic N) is 1. The molecule has 0 saturated heterocycles. The maximum atomic E-state index is 13.5. The fourth-order valence-electron chi connectivity index (χ4n) is 5.12. The van der Waals surface area contributed by atoms with E-state index in [2.05, 4.69) is 43.8 Å². The van der Waals surface area contributed by atoms with Gasteiger partial charge in [0.25, 0.3) is 5.91 Å². The summed E-state index contributed by atoms with van der Waals surface area (Å²) in [4.78, 5) is 19.7. The molecule has 1 amide bonds. The number of rotatable bonds is 7. The van der Waals surface area contributed by atoms with Crippen LogP contribution in [0.5, 0.6) is 5.75 Å². The van der Waals surface area contributed by atoms with Crippen molar-refractivity contribution < 1.29 is 9.53 Å². The van der Waals surface area contributed by atoms with Gasteiger partial charge in [-0.3, -0.25) is 4.79 Å². The van der Waals surface area contributed by atoms with E-state index in [0.717, 1.165) is 74.0 Å². The molecule has 0 bridgehead atoms. The Morgan fingerprint density at radius 2 is 1.89 bits per heavy atom. The van der Waals surface area contributed by atoms with Gasteiger partial charge in [-0.05, 0) is 96.5 Å². The number of thiophene rings is 1. The number of aliphatic imine (C=N–C) groups is 1. The topological polar surface area (TPSA) is 50.7 Å². The number of amides is 1. The lowest BCUT2D eigenvalue weighted by atomic mass is 9.93. The third-order valence-corrected chi connectivity index (χ3v) is 10.2. The average Bonchev–Trinajstić information content (AvgIpc) is 3.28. The van der Waals surface area contributed by atoms with Gasteiger partial charge in [0.1, 0.15) is 17.4 Å². The monoisotopic (exact) mass is 744 g/mol. The summed E-state index contributed by atoms with van der Waals surface area (Å²) in [5.74, 6) is 0.765. The van der Waals surface area contributed by atoms with Gasteiger partial charge in [0, 0.05) is 27.2 Å². The number of carbonyl (C=O) groups is 1. The minimum absolute atomic E-state index is 0.0309. The van der Waals surface area contributed by atoms with Crippen LogP contribution in [0.3, 0.4) is 0 Å². The molecule has 1 N–H and O–H groups in total.